The Bertz CT molecular complexity index is 991. The topological polar surface area (TPSA) is 55.5 Å². The summed E-state index contributed by atoms with van der Waals surface area (Å²) in [6.07, 6.45) is 2.15. The quantitative estimate of drug-likeness (QED) is 0.349. The van der Waals surface area contributed by atoms with Crippen molar-refractivity contribution in [3.8, 4) is 10.4 Å². The van der Waals surface area contributed by atoms with Crippen LogP contribution in [0.15, 0.2) is 6.07 Å². The van der Waals surface area contributed by atoms with Crippen molar-refractivity contribution in [1.82, 2.24) is 19.6 Å². The Labute approximate surface area is 215 Å². The Hall–Kier alpha value is -1.70. The van der Waals surface area contributed by atoms with E-state index in [9.17, 15) is 0 Å². The minimum atomic E-state index is 0.456. The van der Waals surface area contributed by atoms with Crippen LogP contribution in [0.25, 0.3) is 16.1 Å². The van der Waals surface area contributed by atoms with Crippen LogP contribution in [0.5, 0.6) is 0 Å². The van der Waals surface area contributed by atoms with Gasteiger partial charge in [-0.3, -0.25) is 0 Å². The van der Waals surface area contributed by atoms with E-state index in [0.717, 1.165) is 71.8 Å². The molecular formula is C26H44ClN5OS. The molecule has 0 atom stereocenters. The van der Waals surface area contributed by atoms with Gasteiger partial charge in [-0.25, -0.2) is 14.5 Å². The number of rotatable bonds is 5. The molecule has 0 N–H and O–H groups in total. The fourth-order valence-corrected chi connectivity index (χ4v) is 5.31. The number of morpholine rings is 1. The maximum Gasteiger partial charge on any atom is 0.187 e. The molecule has 0 bridgehead atoms. The molecular weight excluding hydrogens is 466 g/mol. The van der Waals surface area contributed by atoms with Crippen LogP contribution in [-0.4, -0.2) is 45.9 Å². The number of halogens is 1. The molecule has 0 radical (unpaired) electrons. The molecule has 0 saturated carbocycles. The first-order valence-corrected chi connectivity index (χ1v) is 14.1. The molecule has 0 aromatic carbocycles. The second kappa shape index (κ2) is 15.3. The first kappa shape index (κ1) is 30.3. The van der Waals surface area contributed by atoms with Crippen LogP contribution in [-0.2, 0) is 4.74 Å². The van der Waals surface area contributed by atoms with E-state index >= 15 is 0 Å². The third-order valence-electron chi connectivity index (χ3n) is 5.41. The SMILES string of the molecule is CC.CC.CC.CCC(CC)c1cc(C)nc2c(-c3sc(N4CCOCC4)nc3Cl)c(C)nn12. The minimum Gasteiger partial charge on any atom is -0.378 e. The predicted molar refractivity (Wildman–Crippen MR) is 149 cm³/mol. The molecule has 1 aliphatic heterocycles. The van der Waals surface area contributed by atoms with Gasteiger partial charge in [-0.05, 0) is 32.8 Å². The molecule has 1 aliphatic rings. The number of anilines is 1. The highest BCUT2D eigenvalue weighted by molar-refractivity contribution is 7.19. The largest absolute Gasteiger partial charge is 0.378 e. The van der Waals surface area contributed by atoms with E-state index in [0.29, 0.717) is 11.1 Å². The van der Waals surface area contributed by atoms with Gasteiger partial charge in [-0.1, -0.05) is 78.3 Å². The van der Waals surface area contributed by atoms with Crippen LogP contribution in [0.3, 0.4) is 0 Å². The zero-order valence-corrected chi connectivity index (χ0v) is 24.4. The molecule has 3 aromatic rings. The summed E-state index contributed by atoms with van der Waals surface area (Å²) in [4.78, 5) is 12.7. The van der Waals surface area contributed by atoms with Crippen molar-refractivity contribution in [3.63, 3.8) is 0 Å². The summed E-state index contributed by atoms with van der Waals surface area (Å²) in [7, 11) is 0. The average molecular weight is 510 g/mol. The lowest BCUT2D eigenvalue weighted by Crippen LogP contribution is -2.36. The lowest BCUT2D eigenvalue weighted by molar-refractivity contribution is 0.122. The smallest absolute Gasteiger partial charge is 0.187 e. The molecule has 34 heavy (non-hydrogen) atoms. The molecule has 3 aromatic heterocycles. The summed E-state index contributed by atoms with van der Waals surface area (Å²) in [5.74, 6) is 0.456. The molecule has 6 nitrogen and oxygen atoms in total. The van der Waals surface area contributed by atoms with Gasteiger partial charge in [-0.2, -0.15) is 5.10 Å². The van der Waals surface area contributed by atoms with Crippen molar-refractivity contribution >= 4 is 33.7 Å². The summed E-state index contributed by atoms with van der Waals surface area (Å²) in [6.45, 7) is 23.7. The lowest BCUT2D eigenvalue weighted by Gasteiger charge is -2.25. The van der Waals surface area contributed by atoms with Crippen molar-refractivity contribution in [2.24, 2.45) is 0 Å². The van der Waals surface area contributed by atoms with Crippen molar-refractivity contribution in [3.05, 3.63) is 28.3 Å². The Balaban J connectivity index is 0.000000894. The van der Waals surface area contributed by atoms with E-state index in [1.807, 2.05) is 59.9 Å². The number of aryl methyl sites for hydroxylation is 2. The molecule has 8 heteroatoms. The summed E-state index contributed by atoms with van der Waals surface area (Å²) in [6, 6.07) is 2.16. The Morgan fingerprint density at radius 3 is 2.15 bits per heavy atom. The molecule has 0 spiro atoms. The summed E-state index contributed by atoms with van der Waals surface area (Å²) in [5.41, 5.74) is 5.03. The first-order chi connectivity index (χ1) is 16.5. The number of hydrogen-bond acceptors (Lipinski definition) is 6. The molecule has 4 heterocycles. The molecule has 1 fully saturated rings. The number of fused-ring (bicyclic) bond motifs is 1. The van der Waals surface area contributed by atoms with Gasteiger partial charge in [0.1, 0.15) is 5.15 Å². The number of thiazole rings is 1. The second-order valence-corrected chi connectivity index (χ2v) is 8.58. The van der Waals surface area contributed by atoms with E-state index in [1.54, 1.807) is 11.3 Å². The third kappa shape index (κ3) is 6.70. The molecule has 0 aliphatic carbocycles. The summed E-state index contributed by atoms with van der Waals surface area (Å²) >= 11 is 8.22. The molecule has 0 unspecified atom stereocenters. The van der Waals surface area contributed by atoms with Crippen molar-refractivity contribution in [1.29, 1.82) is 0 Å². The van der Waals surface area contributed by atoms with Crippen molar-refractivity contribution < 1.29 is 4.74 Å². The van der Waals surface area contributed by atoms with Gasteiger partial charge >= 0.3 is 0 Å². The third-order valence-corrected chi connectivity index (χ3v) is 6.93. The molecule has 192 valence electrons. The summed E-state index contributed by atoms with van der Waals surface area (Å²) < 4.78 is 7.47. The molecule has 1 saturated heterocycles. The highest BCUT2D eigenvalue weighted by Gasteiger charge is 2.25. The molecule has 0 amide bonds. The van der Waals surface area contributed by atoms with Gasteiger partial charge in [0.05, 0.1) is 29.3 Å². The van der Waals surface area contributed by atoms with Crippen LogP contribution in [0.1, 0.15) is 91.2 Å². The van der Waals surface area contributed by atoms with Gasteiger partial charge < -0.3 is 9.64 Å². The van der Waals surface area contributed by atoms with Gasteiger partial charge in [0.15, 0.2) is 10.8 Å². The highest BCUT2D eigenvalue weighted by atomic mass is 35.5. The zero-order chi connectivity index (χ0) is 25.8. The van der Waals surface area contributed by atoms with Crippen LogP contribution in [0, 0.1) is 13.8 Å². The van der Waals surface area contributed by atoms with Crippen LogP contribution < -0.4 is 4.90 Å². The van der Waals surface area contributed by atoms with E-state index in [4.69, 9.17) is 26.4 Å². The monoisotopic (exact) mass is 509 g/mol. The highest BCUT2D eigenvalue weighted by Crippen LogP contribution is 2.41. The van der Waals surface area contributed by atoms with Crippen molar-refractivity contribution in [2.45, 2.75) is 88.0 Å². The number of aromatic nitrogens is 4. The second-order valence-electron chi connectivity index (χ2n) is 7.25. The molecule has 4 rings (SSSR count). The van der Waals surface area contributed by atoms with Crippen LogP contribution >= 0.6 is 22.9 Å². The maximum atomic E-state index is 6.60. The van der Waals surface area contributed by atoms with E-state index < -0.39 is 0 Å². The Morgan fingerprint density at radius 1 is 1.00 bits per heavy atom. The zero-order valence-electron chi connectivity index (χ0n) is 22.8. The fourth-order valence-electron chi connectivity index (χ4n) is 3.87. The first-order valence-electron chi connectivity index (χ1n) is 12.9. The number of hydrogen-bond donors (Lipinski definition) is 0. The van der Waals surface area contributed by atoms with E-state index in [-0.39, 0.29) is 0 Å². The maximum absolute atomic E-state index is 6.60. The van der Waals surface area contributed by atoms with Gasteiger partial charge in [0, 0.05) is 30.4 Å². The minimum absolute atomic E-state index is 0.456. The van der Waals surface area contributed by atoms with Gasteiger partial charge in [-0.15, -0.1) is 0 Å². The summed E-state index contributed by atoms with van der Waals surface area (Å²) in [5, 5.41) is 6.32. The van der Waals surface area contributed by atoms with Gasteiger partial charge in [0.2, 0.25) is 0 Å². The average Bonchev–Trinajstić information content (AvgIpc) is 3.42. The number of ether oxygens (including phenoxy) is 1. The van der Waals surface area contributed by atoms with E-state index in [2.05, 4.69) is 29.8 Å². The van der Waals surface area contributed by atoms with Crippen LogP contribution in [0.2, 0.25) is 5.15 Å². The van der Waals surface area contributed by atoms with Gasteiger partial charge in [0.25, 0.3) is 0 Å². The number of nitrogens with zero attached hydrogens (tertiary/aromatic N) is 5. The predicted octanol–water partition coefficient (Wildman–Crippen LogP) is 7.94. The Kier molecular flexibility index (Phi) is 13.7. The Morgan fingerprint density at radius 2 is 1.59 bits per heavy atom. The lowest BCUT2D eigenvalue weighted by atomic mass is 9.98. The van der Waals surface area contributed by atoms with Crippen molar-refractivity contribution in [2.75, 3.05) is 31.2 Å². The fraction of sp³-hybridized carbons (Fsp3) is 0.654. The van der Waals surface area contributed by atoms with E-state index in [1.165, 1.54) is 5.69 Å². The standard InChI is InChI=1S/C20H26ClN5OS.3C2H6/c1-5-14(6-2)15-11-12(3)22-19-16(13(4)24-26(15)19)17-18(21)23-20(28-17)25-7-9-27-10-8-25;3*1-2/h11,14H,5-10H2,1-4H3;3*1-2H3. The normalized spacial score (nSPS) is 13.0. The van der Waals surface area contributed by atoms with Crippen LogP contribution in [0.4, 0.5) is 5.13 Å².